The van der Waals surface area contributed by atoms with E-state index in [0.29, 0.717) is 11.5 Å². The monoisotopic (exact) mass is 263 g/mol. The highest BCUT2D eigenvalue weighted by Gasteiger charge is 2.33. The summed E-state index contributed by atoms with van der Waals surface area (Å²) in [6.07, 6.45) is 2.02. The van der Waals surface area contributed by atoms with E-state index < -0.39 is 5.54 Å². The van der Waals surface area contributed by atoms with Gasteiger partial charge in [-0.1, -0.05) is 6.07 Å². The molecule has 19 heavy (non-hydrogen) atoms. The largest absolute Gasteiger partial charge is 0.493 e. The highest BCUT2D eigenvalue weighted by Crippen LogP contribution is 2.34. The van der Waals surface area contributed by atoms with Gasteiger partial charge in [0.2, 0.25) is 5.91 Å². The lowest BCUT2D eigenvalue weighted by molar-refractivity contribution is -0.124. The molecule has 1 N–H and O–H groups in total. The molecular formula is C15H21NO3. The molecule has 1 fully saturated rings. The molecule has 0 spiro atoms. The molecule has 0 heterocycles. The van der Waals surface area contributed by atoms with Crippen molar-refractivity contribution in [2.45, 2.75) is 32.2 Å². The van der Waals surface area contributed by atoms with Crippen molar-refractivity contribution < 1.29 is 14.3 Å². The summed E-state index contributed by atoms with van der Waals surface area (Å²) in [5.41, 5.74) is 0.582. The van der Waals surface area contributed by atoms with Crippen molar-refractivity contribution in [3.8, 4) is 11.5 Å². The van der Waals surface area contributed by atoms with Crippen molar-refractivity contribution in [2.75, 3.05) is 14.2 Å². The lowest BCUT2D eigenvalue weighted by Crippen LogP contribution is -2.41. The number of hydrogen-bond acceptors (Lipinski definition) is 3. The summed E-state index contributed by atoms with van der Waals surface area (Å²) < 4.78 is 10.5. The average Bonchev–Trinajstić information content (AvgIpc) is 3.21. The molecule has 1 aromatic carbocycles. The van der Waals surface area contributed by atoms with Crippen LogP contribution in [0.15, 0.2) is 18.2 Å². The molecule has 2 rings (SSSR count). The fraction of sp³-hybridized carbons (Fsp3) is 0.533. The van der Waals surface area contributed by atoms with E-state index in [1.165, 1.54) is 0 Å². The Morgan fingerprint density at radius 3 is 2.37 bits per heavy atom. The third kappa shape index (κ3) is 3.00. The second kappa shape index (κ2) is 5.11. The van der Waals surface area contributed by atoms with Crippen molar-refractivity contribution in [2.24, 2.45) is 5.92 Å². The van der Waals surface area contributed by atoms with Crippen LogP contribution in [0.3, 0.4) is 0 Å². The Balaban J connectivity index is 2.21. The lowest BCUT2D eigenvalue weighted by atomic mass is 9.93. The van der Waals surface area contributed by atoms with Crippen LogP contribution in [-0.4, -0.2) is 20.1 Å². The molecule has 0 atom stereocenters. The molecule has 104 valence electrons. The minimum Gasteiger partial charge on any atom is -0.493 e. The average molecular weight is 263 g/mol. The summed E-state index contributed by atoms with van der Waals surface area (Å²) in [5.74, 6) is 1.71. The van der Waals surface area contributed by atoms with Crippen molar-refractivity contribution in [3.05, 3.63) is 23.8 Å². The molecule has 1 amide bonds. The summed E-state index contributed by atoms with van der Waals surface area (Å²) in [7, 11) is 3.22. The first-order valence-electron chi connectivity index (χ1n) is 6.52. The number of rotatable bonds is 5. The first kappa shape index (κ1) is 13.7. The van der Waals surface area contributed by atoms with Gasteiger partial charge < -0.3 is 14.8 Å². The van der Waals surface area contributed by atoms with E-state index in [-0.39, 0.29) is 11.8 Å². The number of ether oxygens (including phenoxy) is 2. The third-order valence-electron chi connectivity index (χ3n) is 3.49. The number of carbonyl (C=O) groups excluding carboxylic acids is 1. The van der Waals surface area contributed by atoms with Crippen molar-refractivity contribution in [3.63, 3.8) is 0 Å². The second-order valence-corrected chi connectivity index (χ2v) is 5.46. The summed E-state index contributed by atoms with van der Waals surface area (Å²) in [5, 5.41) is 3.09. The van der Waals surface area contributed by atoms with Crippen molar-refractivity contribution in [1.82, 2.24) is 5.32 Å². The van der Waals surface area contributed by atoms with Gasteiger partial charge in [-0.05, 0) is 44.4 Å². The zero-order valence-electron chi connectivity index (χ0n) is 11.9. The van der Waals surface area contributed by atoms with E-state index in [1.54, 1.807) is 14.2 Å². The van der Waals surface area contributed by atoms with Crippen LogP contribution in [0.25, 0.3) is 0 Å². The van der Waals surface area contributed by atoms with E-state index in [0.717, 1.165) is 18.4 Å². The van der Waals surface area contributed by atoms with Gasteiger partial charge in [-0.25, -0.2) is 0 Å². The molecule has 1 aromatic rings. The van der Waals surface area contributed by atoms with Gasteiger partial charge in [0.15, 0.2) is 11.5 Å². The topological polar surface area (TPSA) is 47.6 Å². The summed E-state index contributed by atoms with van der Waals surface area (Å²) in [4.78, 5) is 11.9. The Kier molecular flexibility index (Phi) is 3.69. The first-order valence-corrected chi connectivity index (χ1v) is 6.52. The zero-order valence-corrected chi connectivity index (χ0v) is 11.9. The lowest BCUT2D eigenvalue weighted by Gasteiger charge is -2.27. The second-order valence-electron chi connectivity index (χ2n) is 5.46. The summed E-state index contributed by atoms with van der Waals surface area (Å²) >= 11 is 0. The maximum absolute atomic E-state index is 11.9. The predicted molar refractivity (Wildman–Crippen MR) is 73.4 cm³/mol. The quantitative estimate of drug-likeness (QED) is 0.887. The van der Waals surface area contributed by atoms with Gasteiger partial charge in [0.1, 0.15) is 0 Å². The number of nitrogens with one attached hydrogen (secondary N) is 1. The Morgan fingerprint density at radius 2 is 1.84 bits per heavy atom. The third-order valence-corrected chi connectivity index (χ3v) is 3.49. The van der Waals surface area contributed by atoms with Crippen LogP contribution in [0.2, 0.25) is 0 Å². The number of methoxy groups -OCH3 is 2. The minimum absolute atomic E-state index is 0.139. The molecule has 0 aromatic heterocycles. The molecule has 0 aliphatic heterocycles. The number of amides is 1. The maximum atomic E-state index is 11.9. The van der Waals surface area contributed by atoms with Gasteiger partial charge in [-0.15, -0.1) is 0 Å². The Bertz CT molecular complexity index is 478. The molecule has 0 bridgehead atoms. The molecule has 0 saturated heterocycles. The van der Waals surface area contributed by atoms with E-state index in [9.17, 15) is 4.79 Å². The molecule has 0 radical (unpaired) electrons. The van der Waals surface area contributed by atoms with Crippen LogP contribution in [0.1, 0.15) is 32.3 Å². The maximum Gasteiger partial charge on any atom is 0.223 e. The molecule has 0 unspecified atom stereocenters. The molecule has 1 saturated carbocycles. The van der Waals surface area contributed by atoms with Crippen LogP contribution in [0.5, 0.6) is 11.5 Å². The Hall–Kier alpha value is -1.71. The Labute approximate surface area is 114 Å². The molecule has 1 aliphatic rings. The van der Waals surface area contributed by atoms with Crippen LogP contribution >= 0.6 is 0 Å². The first-order chi connectivity index (χ1) is 8.97. The fourth-order valence-corrected chi connectivity index (χ4v) is 2.05. The summed E-state index contributed by atoms with van der Waals surface area (Å²) in [6.45, 7) is 3.99. The number of benzene rings is 1. The van der Waals surface area contributed by atoms with Gasteiger partial charge in [0.05, 0.1) is 19.8 Å². The fourth-order valence-electron chi connectivity index (χ4n) is 2.05. The van der Waals surface area contributed by atoms with Gasteiger partial charge >= 0.3 is 0 Å². The van der Waals surface area contributed by atoms with Gasteiger partial charge in [0, 0.05) is 5.92 Å². The Morgan fingerprint density at radius 1 is 1.21 bits per heavy atom. The molecule has 1 aliphatic carbocycles. The zero-order chi connectivity index (χ0) is 14.0. The summed E-state index contributed by atoms with van der Waals surface area (Å²) in [6, 6.07) is 5.72. The van der Waals surface area contributed by atoms with E-state index in [2.05, 4.69) is 5.32 Å². The molecule has 4 nitrogen and oxygen atoms in total. The van der Waals surface area contributed by atoms with E-state index in [1.807, 2.05) is 32.0 Å². The number of carbonyl (C=O) groups is 1. The highest BCUT2D eigenvalue weighted by atomic mass is 16.5. The standard InChI is InChI=1S/C15H21NO3/c1-15(2,16-14(17)10-5-6-10)11-7-8-12(18-3)13(9-11)19-4/h7-10H,5-6H2,1-4H3,(H,16,17). The van der Waals surface area contributed by atoms with E-state index in [4.69, 9.17) is 9.47 Å². The van der Waals surface area contributed by atoms with E-state index >= 15 is 0 Å². The number of hydrogen-bond donors (Lipinski definition) is 1. The SMILES string of the molecule is COc1ccc(C(C)(C)NC(=O)C2CC2)cc1OC. The normalized spacial score (nSPS) is 14.9. The minimum atomic E-state index is -0.417. The molecule has 4 heteroatoms. The predicted octanol–water partition coefficient (Wildman–Crippen LogP) is 2.47. The van der Waals surface area contributed by atoms with Crippen LogP contribution in [0, 0.1) is 5.92 Å². The smallest absolute Gasteiger partial charge is 0.223 e. The van der Waals surface area contributed by atoms with Gasteiger partial charge in [-0.3, -0.25) is 4.79 Å². The van der Waals surface area contributed by atoms with Crippen molar-refractivity contribution >= 4 is 5.91 Å². The molecular weight excluding hydrogens is 242 g/mol. The van der Waals surface area contributed by atoms with Crippen LogP contribution in [0.4, 0.5) is 0 Å². The van der Waals surface area contributed by atoms with Gasteiger partial charge in [0.25, 0.3) is 0 Å². The van der Waals surface area contributed by atoms with Gasteiger partial charge in [-0.2, -0.15) is 0 Å². The van der Waals surface area contributed by atoms with Crippen molar-refractivity contribution in [1.29, 1.82) is 0 Å². The van der Waals surface area contributed by atoms with Crippen LogP contribution < -0.4 is 14.8 Å². The highest BCUT2D eigenvalue weighted by molar-refractivity contribution is 5.81. The van der Waals surface area contributed by atoms with Crippen LogP contribution in [-0.2, 0) is 10.3 Å².